The summed E-state index contributed by atoms with van der Waals surface area (Å²) < 4.78 is 0. The lowest BCUT2D eigenvalue weighted by atomic mass is 9.77. The maximum Gasteiger partial charge on any atom is 0.0369 e. The van der Waals surface area contributed by atoms with E-state index in [0.717, 1.165) is 0 Å². The van der Waals surface area contributed by atoms with Gasteiger partial charge in [-0.05, 0) is 17.0 Å². The Hall–Kier alpha value is -1.60. The van der Waals surface area contributed by atoms with Crippen LogP contribution in [0.15, 0.2) is 60.7 Å². The highest BCUT2D eigenvalue weighted by atomic mass is 15.1. The van der Waals surface area contributed by atoms with Gasteiger partial charge < -0.3 is 5.32 Å². The predicted molar refractivity (Wildman–Crippen MR) is 70.7 cm³/mol. The number of rotatable bonds is 2. The molecule has 1 aliphatic heterocycles. The van der Waals surface area contributed by atoms with Gasteiger partial charge in [0.25, 0.3) is 0 Å². The van der Waals surface area contributed by atoms with Crippen molar-refractivity contribution in [1.82, 2.24) is 5.32 Å². The first kappa shape index (κ1) is 10.5. The second-order valence-corrected chi connectivity index (χ2v) is 4.80. The van der Waals surface area contributed by atoms with Crippen LogP contribution >= 0.6 is 0 Å². The van der Waals surface area contributed by atoms with Crippen LogP contribution in [0.3, 0.4) is 0 Å². The number of benzene rings is 2. The van der Waals surface area contributed by atoms with Crippen LogP contribution in [-0.2, 0) is 0 Å². The molecule has 2 atom stereocenters. The lowest BCUT2D eigenvalue weighted by molar-refractivity contribution is 0.161. The molecule has 2 aromatic rings. The summed E-state index contributed by atoms with van der Waals surface area (Å²) in [5, 5.41) is 3.66. The van der Waals surface area contributed by atoms with Gasteiger partial charge in [-0.15, -0.1) is 0 Å². The average molecular weight is 223 g/mol. The molecule has 0 spiro atoms. The number of hydrogen-bond acceptors (Lipinski definition) is 1. The van der Waals surface area contributed by atoms with Crippen LogP contribution < -0.4 is 5.32 Å². The minimum absolute atomic E-state index is 0.501. The molecule has 0 unspecified atom stereocenters. The summed E-state index contributed by atoms with van der Waals surface area (Å²) in [6.07, 6.45) is 0. The van der Waals surface area contributed by atoms with Crippen LogP contribution in [0.1, 0.15) is 30.1 Å². The van der Waals surface area contributed by atoms with Gasteiger partial charge in [0.2, 0.25) is 0 Å². The van der Waals surface area contributed by atoms with Gasteiger partial charge in [0.05, 0.1) is 0 Å². The minimum Gasteiger partial charge on any atom is -0.302 e. The fraction of sp³-hybridized carbons (Fsp3) is 0.250. The van der Waals surface area contributed by atoms with Crippen LogP contribution in [0, 0.1) is 5.92 Å². The van der Waals surface area contributed by atoms with Crippen molar-refractivity contribution >= 4 is 0 Å². The Morgan fingerprint density at radius 1 is 0.706 bits per heavy atom. The topological polar surface area (TPSA) is 12.0 Å². The Balaban J connectivity index is 1.76. The maximum absolute atomic E-state index is 3.66. The van der Waals surface area contributed by atoms with Crippen molar-refractivity contribution in [2.75, 3.05) is 0 Å². The second-order valence-electron chi connectivity index (χ2n) is 4.80. The largest absolute Gasteiger partial charge is 0.302 e. The molecule has 1 fully saturated rings. The second kappa shape index (κ2) is 4.34. The van der Waals surface area contributed by atoms with E-state index < -0.39 is 0 Å². The molecular formula is C16H17N. The van der Waals surface area contributed by atoms with Crippen molar-refractivity contribution in [1.29, 1.82) is 0 Å². The van der Waals surface area contributed by atoms with E-state index in [-0.39, 0.29) is 0 Å². The fourth-order valence-corrected chi connectivity index (χ4v) is 2.69. The maximum atomic E-state index is 3.66. The van der Waals surface area contributed by atoms with Crippen molar-refractivity contribution in [3.63, 3.8) is 0 Å². The van der Waals surface area contributed by atoms with Crippen molar-refractivity contribution in [2.24, 2.45) is 5.92 Å². The molecule has 2 aromatic carbocycles. The van der Waals surface area contributed by atoms with Gasteiger partial charge in [-0.25, -0.2) is 0 Å². The Morgan fingerprint density at radius 3 is 1.47 bits per heavy atom. The third kappa shape index (κ3) is 1.87. The van der Waals surface area contributed by atoms with E-state index in [1.165, 1.54) is 11.1 Å². The van der Waals surface area contributed by atoms with E-state index in [2.05, 4.69) is 72.9 Å². The normalized spacial score (nSPS) is 24.3. The highest BCUT2D eigenvalue weighted by Gasteiger charge is 2.38. The highest BCUT2D eigenvalue weighted by Crippen LogP contribution is 2.42. The molecule has 1 nitrogen and oxygen atoms in total. The lowest BCUT2D eigenvalue weighted by Crippen LogP contribution is -2.47. The predicted octanol–water partition coefficient (Wildman–Crippen LogP) is 3.71. The summed E-state index contributed by atoms with van der Waals surface area (Å²) in [6, 6.07) is 22.4. The quantitative estimate of drug-likeness (QED) is 0.818. The van der Waals surface area contributed by atoms with Gasteiger partial charge >= 0.3 is 0 Å². The van der Waals surface area contributed by atoms with E-state index in [1.54, 1.807) is 0 Å². The molecule has 0 bridgehead atoms. The Morgan fingerprint density at radius 2 is 1.12 bits per heavy atom. The highest BCUT2D eigenvalue weighted by molar-refractivity contribution is 5.29. The van der Waals surface area contributed by atoms with Crippen LogP contribution in [0.5, 0.6) is 0 Å². The van der Waals surface area contributed by atoms with E-state index in [9.17, 15) is 0 Å². The molecular weight excluding hydrogens is 206 g/mol. The smallest absolute Gasteiger partial charge is 0.0369 e. The van der Waals surface area contributed by atoms with Crippen molar-refractivity contribution < 1.29 is 0 Å². The van der Waals surface area contributed by atoms with Crippen molar-refractivity contribution in [3.05, 3.63) is 71.8 Å². The molecule has 0 aromatic heterocycles. The van der Waals surface area contributed by atoms with Gasteiger partial charge in [0, 0.05) is 12.1 Å². The molecule has 17 heavy (non-hydrogen) atoms. The zero-order chi connectivity index (χ0) is 11.7. The van der Waals surface area contributed by atoms with E-state index in [4.69, 9.17) is 0 Å². The van der Waals surface area contributed by atoms with Gasteiger partial charge in [0.15, 0.2) is 0 Å². The van der Waals surface area contributed by atoms with E-state index in [0.29, 0.717) is 18.0 Å². The summed E-state index contributed by atoms with van der Waals surface area (Å²) >= 11 is 0. The Labute approximate surface area is 102 Å². The molecule has 1 heterocycles. The monoisotopic (exact) mass is 223 g/mol. The number of nitrogens with one attached hydrogen (secondary N) is 1. The van der Waals surface area contributed by atoms with Gasteiger partial charge in [-0.3, -0.25) is 0 Å². The standard InChI is InChI=1S/C16H17N/c1-12-15(13-8-4-2-5-9-13)17-16(12)14-10-6-3-7-11-14/h2-12,15-17H,1H3/t15-,16-/m0/s1. The summed E-state index contributed by atoms with van der Waals surface area (Å²) in [5.41, 5.74) is 2.79. The van der Waals surface area contributed by atoms with Crippen molar-refractivity contribution in [2.45, 2.75) is 19.0 Å². The third-order valence-corrected chi connectivity index (χ3v) is 3.73. The zero-order valence-electron chi connectivity index (χ0n) is 10.0. The average Bonchev–Trinajstić information content (AvgIpc) is 2.40. The van der Waals surface area contributed by atoms with Crippen LogP contribution in [0.25, 0.3) is 0 Å². The summed E-state index contributed by atoms with van der Waals surface area (Å²) in [5.74, 6) is 0.653. The summed E-state index contributed by atoms with van der Waals surface area (Å²) in [7, 11) is 0. The van der Waals surface area contributed by atoms with Crippen LogP contribution in [-0.4, -0.2) is 0 Å². The Kier molecular flexibility index (Phi) is 2.69. The van der Waals surface area contributed by atoms with E-state index in [1.807, 2.05) is 0 Å². The molecule has 1 heteroatoms. The summed E-state index contributed by atoms with van der Waals surface area (Å²) in [4.78, 5) is 0. The minimum atomic E-state index is 0.501. The molecule has 1 aliphatic rings. The first-order valence-corrected chi connectivity index (χ1v) is 6.22. The molecule has 0 saturated carbocycles. The Bertz CT molecular complexity index is 432. The van der Waals surface area contributed by atoms with Crippen LogP contribution in [0.4, 0.5) is 0 Å². The number of hydrogen-bond donors (Lipinski definition) is 1. The van der Waals surface area contributed by atoms with Crippen molar-refractivity contribution in [3.8, 4) is 0 Å². The SMILES string of the molecule is CC1[C@@H](c2ccccc2)N[C@@H]1c1ccccc1. The molecule has 86 valence electrons. The molecule has 0 radical (unpaired) electrons. The fourth-order valence-electron chi connectivity index (χ4n) is 2.69. The van der Waals surface area contributed by atoms with Gasteiger partial charge in [-0.2, -0.15) is 0 Å². The molecule has 0 amide bonds. The first-order valence-electron chi connectivity index (χ1n) is 6.22. The van der Waals surface area contributed by atoms with E-state index >= 15 is 0 Å². The molecule has 1 saturated heterocycles. The molecule has 3 rings (SSSR count). The lowest BCUT2D eigenvalue weighted by Gasteiger charge is -2.45. The summed E-state index contributed by atoms with van der Waals surface area (Å²) in [6.45, 7) is 2.33. The molecule has 1 N–H and O–H groups in total. The van der Waals surface area contributed by atoms with Gasteiger partial charge in [-0.1, -0.05) is 67.6 Å². The zero-order valence-corrected chi connectivity index (χ0v) is 10.0. The van der Waals surface area contributed by atoms with Crippen LogP contribution in [0.2, 0.25) is 0 Å². The molecule has 0 aliphatic carbocycles. The third-order valence-electron chi connectivity index (χ3n) is 3.73. The van der Waals surface area contributed by atoms with Gasteiger partial charge in [0.1, 0.15) is 0 Å². The first-order chi connectivity index (χ1) is 8.36.